The van der Waals surface area contributed by atoms with E-state index < -0.39 is 12.1 Å². The van der Waals surface area contributed by atoms with Crippen LogP contribution in [0.25, 0.3) is 22.2 Å². The van der Waals surface area contributed by atoms with Crippen molar-refractivity contribution in [1.82, 2.24) is 31.0 Å². The van der Waals surface area contributed by atoms with Crippen molar-refractivity contribution >= 4 is 34.5 Å². The van der Waals surface area contributed by atoms with Gasteiger partial charge in [-0.1, -0.05) is 71.0 Å². The molecule has 296 valence electrons. The van der Waals surface area contributed by atoms with Crippen LogP contribution in [0.4, 0.5) is 0 Å². The summed E-state index contributed by atoms with van der Waals surface area (Å²) < 4.78 is 5.19. The number of nitrogens with zero attached hydrogens (tertiary/aromatic N) is 2. The Kier molecular flexibility index (Phi) is 20.4. The van der Waals surface area contributed by atoms with Gasteiger partial charge in [-0.25, -0.2) is 5.43 Å². The number of methoxy groups -OCH3 is 1. The Labute approximate surface area is 321 Å². The molecular formula is C42H62N6O6. The van der Waals surface area contributed by atoms with Crippen molar-refractivity contribution in [1.29, 1.82) is 0 Å². The number of pyridine rings is 1. The highest BCUT2D eigenvalue weighted by Gasteiger charge is 2.35. The van der Waals surface area contributed by atoms with Gasteiger partial charge in [0, 0.05) is 62.7 Å². The lowest BCUT2D eigenvalue weighted by Crippen LogP contribution is -2.54. The highest BCUT2D eigenvalue weighted by molar-refractivity contribution is 5.93. The van der Waals surface area contributed by atoms with Gasteiger partial charge in [0.2, 0.25) is 17.7 Å². The lowest BCUT2D eigenvalue weighted by Gasteiger charge is -2.28. The van der Waals surface area contributed by atoms with Crippen LogP contribution >= 0.6 is 0 Å². The van der Waals surface area contributed by atoms with E-state index in [2.05, 4.69) is 48.5 Å². The number of carbonyl (C=O) groups is 4. The van der Waals surface area contributed by atoms with Gasteiger partial charge in [-0.2, -0.15) is 0 Å². The summed E-state index contributed by atoms with van der Waals surface area (Å²) in [6, 6.07) is 15.5. The van der Waals surface area contributed by atoms with Crippen molar-refractivity contribution in [3.05, 3.63) is 77.5 Å². The summed E-state index contributed by atoms with van der Waals surface area (Å²) in [7, 11) is 3.17. The van der Waals surface area contributed by atoms with Gasteiger partial charge in [-0.3, -0.25) is 29.4 Å². The van der Waals surface area contributed by atoms with Crippen LogP contribution in [0, 0.1) is 5.92 Å². The second-order valence-corrected chi connectivity index (χ2v) is 13.6. The molecule has 2 atom stereocenters. The highest BCUT2D eigenvalue weighted by Crippen LogP contribution is 2.22. The minimum Gasteiger partial charge on any atom is -0.497 e. The lowest BCUT2D eigenvalue weighted by atomic mass is 10.1. The molecule has 2 aromatic carbocycles. The average Bonchev–Trinajstić information content (AvgIpc) is 3.69. The molecule has 0 unspecified atom stereocenters. The number of fused-ring (bicyclic) bond motifs is 1. The monoisotopic (exact) mass is 746 g/mol. The number of hydrogen-bond donors (Lipinski definition) is 4. The molecule has 54 heavy (non-hydrogen) atoms. The zero-order valence-electron chi connectivity index (χ0n) is 33.3. The number of amides is 4. The molecule has 2 saturated heterocycles. The first-order valence-corrected chi connectivity index (χ1v) is 19.2. The molecule has 2 aliphatic rings. The molecule has 4 amide bonds. The van der Waals surface area contributed by atoms with E-state index in [9.17, 15) is 24.0 Å². The van der Waals surface area contributed by atoms with E-state index in [-0.39, 0.29) is 48.3 Å². The van der Waals surface area contributed by atoms with Gasteiger partial charge in [-0.05, 0) is 62.1 Å². The number of H-pyrrole nitrogens is 1. The third-order valence-corrected chi connectivity index (χ3v) is 8.54. The first-order valence-electron chi connectivity index (χ1n) is 19.2. The Morgan fingerprint density at radius 1 is 0.926 bits per heavy atom. The van der Waals surface area contributed by atoms with Crippen molar-refractivity contribution in [3.8, 4) is 17.0 Å². The topological polar surface area (TPSA) is 153 Å². The molecule has 0 saturated carbocycles. The van der Waals surface area contributed by atoms with Crippen LogP contribution in [-0.4, -0.2) is 84.3 Å². The van der Waals surface area contributed by atoms with E-state index in [0.717, 1.165) is 67.2 Å². The number of benzene rings is 2. The number of carbonyl (C=O) groups excluding carboxylic acids is 4. The van der Waals surface area contributed by atoms with E-state index in [0.29, 0.717) is 18.4 Å². The molecule has 0 spiro atoms. The van der Waals surface area contributed by atoms with Crippen LogP contribution in [-0.2, 0) is 19.2 Å². The Morgan fingerprint density at radius 3 is 2.19 bits per heavy atom. The highest BCUT2D eigenvalue weighted by atomic mass is 16.5. The number of aromatic amines is 1. The second-order valence-electron chi connectivity index (χ2n) is 13.6. The summed E-state index contributed by atoms with van der Waals surface area (Å²) in [5.41, 5.74) is 7.59. The summed E-state index contributed by atoms with van der Waals surface area (Å²) in [5, 5.41) is 3.38. The summed E-state index contributed by atoms with van der Waals surface area (Å²) >= 11 is 0. The maximum atomic E-state index is 12.7. The zero-order valence-corrected chi connectivity index (χ0v) is 33.3. The van der Waals surface area contributed by atoms with Crippen molar-refractivity contribution in [2.45, 2.75) is 98.1 Å². The first-order chi connectivity index (χ1) is 26.0. The number of hydrazine groups is 1. The lowest BCUT2D eigenvalue weighted by molar-refractivity contribution is -0.141. The second kappa shape index (κ2) is 24.4. The number of nitrogens with one attached hydrogen (secondary N) is 4. The van der Waals surface area contributed by atoms with Crippen molar-refractivity contribution in [2.75, 3.05) is 33.8 Å². The largest absolute Gasteiger partial charge is 0.497 e. The molecular weight excluding hydrogens is 684 g/mol. The van der Waals surface area contributed by atoms with Gasteiger partial charge in [0.05, 0.1) is 12.6 Å². The molecule has 12 nitrogen and oxygen atoms in total. The van der Waals surface area contributed by atoms with Crippen LogP contribution in [0.3, 0.4) is 0 Å². The molecule has 0 aliphatic carbocycles. The molecule has 1 aromatic heterocycles. The number of rotatable bonds is 11. The molecule has 2 fully saturated rings. The Morgan fingerprint density at radius 2 is 1.57 bits per heavy atom. The van der Waals surface area contributed by atoms with E-state index in [1.54, 1.807) is 43.3 Å². The third kappa shape index (κ3) is 14.5. The average molecular weight is 747 g/mol. The van der Waals surface area contributed by atoms with Crippen LogP contribution in [0.15, 0.2) is 72.0 Å². The molecule has 5 rings (SSSR count). The smallest absolute Gasteiger partial charge is 0.256 e. The Bertz CT molecular complexity index is 1680. The Hall–Kier alpha value is -4.97. The number of piperidine rings is 1. The standard InChI is InChI=1S/C20H33N5O4.C16H13NO2.C4H10.C2H6/c1-3-8-15(19(28)23-21-2)22-20(29)16-9-7-14-25(16)18(27)11-10-17(26)24-12-5-4-6-13-24;1-19-12-7-8-13-15(9-12)17-14(10-16(13)18)11-5-3-2-4-6-11;1-4(2)3;1-2/h3,15-16,21H,1,4-14H2,2H3,(H,22,29)(H,23,28);2-10H,1H3,(H,17,18);4H,1-3H3;1-2H3/t15-,16+;;;/m1.../s1. The van der Waals surface area contributed by atoms with E-state index in [1.807, 2.05) is 55.1 Å². The van der Waals surface area contributed by atoms with Crippen LogP contribution in [0.1, 0.15) is 86.0 Å². The molecule has 0 radical (unpaired) electrons. The first kappa shape index (κ1) is 45.2. The van der Waals surface area contributed by atoms with E-state index in [4.69, 9.17) is 4.74 Å². The molecule has 3 aromatic rings. The summed E-state index contributed by atoms with van der Waals surface area (Å²) in [6.07, 6.45) is 6.57. The van der Waals surface area contributed by atoms with Gasteiger partial charge in [0.15, 0.2) is 5.43 Å². The minimum absolute atomic E-state index is 0.00744. The fraction of sp³-hybridized carbons (Fsp3) is 0.500. The maximum Gasteiger partial charge on any atom is 0.256 e. The SMILES string of the molecule is C=CC[C@@H](NC(=O)[C@@H]1CCCN1C(=O)CCC(=O)N1CCCCC1)C(=O)NNC.CC.CC(C)C.COc1ccc2c(=O)cc(-c3ccccc3)[nH]c2c1. The fourth-order valence-electron chi connectivity index (χ4n) is 6.00. The summed E-state index contributed by atoms with van der Waals surface area (Å²) in [5.74, 6) is 0.661. The molecule has 3 heterocycles. The van der Waals surface area contributed by atoms with Gasteiger partial charge in [0.1, 0.15) is 17.8 Å². The Balaban J connectivity index is 0.000000345. The number of hydrogen-bond acceptors (Lipinski definition) is 7. The zero-order chi connectivity index (χ0) is 40.0. The summed E-state index contributed by atoms with van der Waals surface area (Å²) in [6.45, 7) is 16.1. The molecule has 4 N–H and O–H groups in total. The quantitative estimate of drug-likeness (QED) is 0.139. The van der Waals surface area contributed by atoms with E-state index in [1.165, 1.54) is 0 Å². The number of likely N-dealkylation sites (tertiary alicyclic amines) is 2. The van der Waals surface area contributed by atoms with Crippen molar-refractivity contribution in [2.24, 2.45) is 5.92 Å². The molecule has 0 bridgehead atoms. The van der Waals surface area contributed by atoms with Crippen LogP contribution in [0.5, 0.6) is 5.75 Å². The molecule has 2 aliphatic heterocycles. The number of aromatic nitrogens is 1. The molecule has 12 heteroatoms. The third-order valence-electron chi connectivity index (χ3n) is 8.54. The van der Waals surface area contributed by atoms with Crippen molar-refractivity contribution in [3.63, 3.8) is 0 Å². The predicted octanol–water partition coefficient (Wildman–Crippen LogP) is 5.97. The minimum atomic E-state index is -0.759. The predicted molar refractivity (Wildman–Crippen MR) is 217 cm³/mol. The van der Waals surface area contributed by atoms with Crippen molar-refractivity contribution < 1.29 is 23.9 Å². The van der Waals surface area contributed by atoms with Gasteiger partial charge in [-0.15, -0.1) is 6.58 Å². The maximum absolute atomic E-state index is 12.7. The van der Waals surface area contributed by atoms with Crippen LogP contribution < -0.4 is 26.3 Å². The van der Waals surface area contributed by atoms with Gasteiger partial charge >= 0.3 is 0 Å². The van der Waals surface area contributed by atoms with Gasteiger partial charge < -0.3 is 24.8 Å². The van der Waals surface area contributed by atoms with E-state index >= 15 is 0 Å². The fourth-order valence-corrected chi connectivity index (χ4v) is 6.00. The van der Waals surface area contributed by atoms with Gasteiger partial charge in [0.25, 0.3) is 5.91 Å². The normalized spacial score (nSPS) is 15.3. The number of ether oxygens (including phenoxy) is 1. The summed E-state index contributed by atoms with van der Waals surface area (Å²) in [4.78, 5) is 68.5. The van der Waals surface area contributed by atoms with Crippen LogP contribution in [0.2, 0.25) is 0 Å².